The normalized spacial score (nSPS) is 10.5. The summed E-state index contributed by atoms with van der Waals surface area (Å²) in [6, 6.07) is 19.0. The molecule has 0 aliphatic rings. The third kappa shape index (κ3) is 21.0. The first-order valence-corrected chi connectivity index (χ1v) is 18.1. The predicted molar refractivity (Wildman–Crippen MR) is 200 cm³/mol. The molecule has 20 heteroatoms. The Hall–Kier alpha value is -2.84. The zero-order valence-electron chi connectivity index (χ0n) is 34.5. The van der Waals surface area contributed by atoms with Crippen LogP contribution >= 0.6 is 0 Å². The van der Waals surface area contributed by atoms with E-state index < -0.39 is 53.8 Å². The van der Waals surface area contributed by atoms with E-state index in [1.807, 2.05) is 6.92 Å². The largest absolute Gasteiger partial charge is 1.00 e. The molecule has 4 aromatic carbocycles. The van der Waals surface area contributed by atoms with E-state index in [9.17, 15) is 41.8 Å². The Morgan fingerprint density at radius 3 is 1.36 bits per heavy atom. The van der Waals surface area contributed by atoms with Crippen LogP contribution in [-0.2, 0) is 24.0 Å². The number of hydrogen-bond acceptors (Lipinski definition) is 15. The summed E-state index contributed by atoms with van der Waals surface area (Å²) in [5.41, 5.74) is 0.892. The minimum Gasteiger partial charge on any atom is -1.00 e. The van der Waals surface area contributed by atoms with Crippen LogP contribution in [0, 0.1) is 6.92 Å². The van der Waals surface area contributed by atoms with E-state index in [0.29, 0.717) is 0 Å². The van der Waals surface area contributed by atoms with Crippen molar-refractivity contribution in [2.45, 2.75) is 58.3 Å². The van der Waals surface area contributed by atoms with Crippen LogP contribution in [0.3, 0.4) is 0 Å². The van der Waals surface area contributed by atoms with Gasteiger partial charge in [-0.1, -0.05) is 42.8 Å². The van der Waals surface area contributed by atoms with Gasteiger partial charge in [-0.15, -0.1) is 0 Å². The minimum atomic E-state index is -3.82. The number of rotatable bonds is 15. The number of ether oxygens (including phenoxy) is 2. The van der Waals surface area contributed by atoms with Crippen molar-refractivity contribution in [1.29, 1.82) is 0 Å². The Kier molecular flexibility index (Phi) is 29.9. The second-order valence-electron chi connectivity index (χ2n) is 11.6. The van der Waals surface area contributed by atoms with Gasteiger partial charge in [0.25, 0.3) is 16.6 Å². The molecule has 0 heterocycles. The molecule has 0 radical (unpaired) electrons. The van der Waals surface area contributed by atoms with Crippen LogP contribution in [-0.4, -0.2) is 84.8 Å². The van der Waals surface area contributed by atoms with Crippen molar-refractivity contribution in [3.05, 3.63) is 101 Å². The first-order chi connectivity index (χ1) is 26.8. The molecule has 0 spiro atoms. The number of phenolic OH excluding ortho intramolecular Hbond substituents is 4. The molecule has 59 heavy (non-hydrogen) atoms. The number of halogens is 2. The Morgan fingerprint density at radius 1 is 0.678 bits per heavy atom. The van der Waals surface area contributed by atoms with Crippen LogP contribution in [0.1, 0.15) is 72.2 Å². The number of carbonyl (C=O) groups excluding carboxylic acids is 4. The average molecular weight is 901 g/mol. The van der Waals surface area contributed by atoms with E-state index in [4.69, 9.17) is 29.7 Å². The summed E-state index contributed by atoms with van der Waals surface area (Å²) in [6.07, 6.45) is -2.58. The fourth-order valence-corrected chi connectivity index (χ4v) is 5.27. The van der Waals surface area contributed by atoms with Crippen LogP contribution in [0.5, 0.6) is 34.5 Å². The van der Waals surface area contributed by atoms with E-state index >= 15 is 0 Å². The van der Waals surface area contributed by atoms with E-state index in [1.54, 1.807) is 19.1 Å². The van der Waals surface area contributed by atoms with Crippen molar-refractivity contribution in [2.75, 3.05) is 19.8 Å². The van der Waals surface area contributed by atoms with Crippen LogP contribution in [0.15, 0.2) is 83.8 Å². The van der Waals surface area contributed by atoms with Gasteiger partial charge >= 0.3 is 103 Å². The van der Waals surface area contributed by atoms with Gasteiger partial charge in [0.05, 0.1) is 11.5 Å². The molecule has 0 saturated carbocycles. The number of phenols is 4. The summed E-state index contributed by atoms with van der Waals surface area (Å²) < 4.78 is 65.3. The van der Waals surface area contributed by atoms with E-state index in [0.717, 1.165) is 5.56 Å². The van der Waals surface area contributed by atoms with Crippen molar-refractivity contribution in [1.82, 2.24) is 0 Å². The Labute approximate surface area is 427 Å². The molecule has 15 nitrogen and oxygen atoms in total. The number of aromatic hydroxyl groups is 4. The first-order valence-electron chi connectivity index (χ1n) is 16.7. The topological polar surface area (TPSA) is 243 Å². The molecule has 0 saturated heterocycles. The van der Waals surface area contributed by atoms with Gasteiger partial charge < -0.3 is 41.5 Å². The Bertz CT molecular complexity index is 1970. The molecule has 4 N–H and O–H groups in total. The SMILES string of the molecule is CC(=O)c1c(O)cccc1O.CC(=O)c1c(O)cccc1OCC(F)COc1cccc(O)c1C(C)=O.CCC(F)COS(=O)(=O)c1ccc(C)cc1.O=CO[O-].[H-].[K+].[K+]. The van der Waals surface area contributed by atoms with Crippen LogP contribution in [0.2, 0.25) is 0 Å². The molecule has 312 valence electrons. The maximum absolute atomic E-state index is 14.1. The summed E-state index contributed by atoms with van der Waals surface area (Å²) in [4.78, 5) is 45.2. The van der Waals surface area contributed by atoms with Gasteiger partial charge in [0.1, 0.15) is 70.6 Å². The number of benzene rings is 4. The number of ketones is 3. The van der Waals surface area contributed by atoms with Gasteiger partial charge in [0.2, 0.25) is 0 Å². The summed E-state index contributed by atoms with van der Waals surface area (Å²) in [5, 5.41) is 46.0. The maximum atomic E-state index is 14.1. The molecule has 0 fully saturated rings. The summed E-state index contributed by atoms with van der Waals surface area (Å²) >= 11 is 0. The van der Waals surface area contributed by atoms with E-state index in [2.05, 4.69) is 9.07 Å². The van der Waals surface area contributed by atoms with Gasteiger partial charge in [-0.25, -0.2) is 8.78 Å². The maximum Gasteiger partial charge on any atom is 1.00 e. The second kappa shape index (κ2) is 30.2. The molecule has 0 aliphatic heterocycles. The second-order valence-corrected chi connectivity index (χ2v) is 13.2. The van der Waals surface area contributed by atoms with Crippen molar-refractivity contribution < 1.29 is 185 Å². The standard InChI is InChI=1S/C19H19FO6.C11H15FO3S.C8H8O3.CH2O3.2K.H/c1-11(21)18-14(23)5-3-7-16(18)25-9-13(20)10-26-17-8-4-6-15(24)19(17)12(2)22;1-3-10(12)8-15-16(13,14)11-6-4-9(2)5-7-11;1-5(9)8-6(10)3-2-4-7(8)11;2-1-4-3;;;/h3-8,13,23-24H,9-10H2,1-2H3;4-7,10H,3,8H2,1-2H3;2-4,10-11H,1H3;1,3H;;;/q;;;;2*+1;-1/p-1. The van der Waals surface area contributed by atoms with Crippen molar-refractivity contribution in [2.24, 2.45) is 0 Å². The molecule has 0 aromatic heterocycles. The number of aryl methyl sites for hydroxylation is 1. The van der Waals surface area contributed by atoms with Crippen molar-refractivity contribution in [3.8, 4) is 34.5 Å². The minimum absolute atomic E-state index is 0. The summed E-state index contributed by atoms with van der Waals surface area (Å²) in [7, 11) is -3.82. The van der Waals surface area contributed by atoms with Crippen molar-refractivity contribution >= 4 is 33.9 Å². The van der Waals surface area contributed by atoms with Gasteiger partial charge in [-0.3, -0.25) is 23.4 Å². The predicted octanol–water partition coefficient (Wildman–Crippen LogP) is -0.397. The summed E-state index contributed by atoms with van der Waals surface area (Å²) in [5.74, 6) is -1.87. The monoisotopic (exact) mass is 900 g/mol. The van der Waals surface area contributed by atoms with Crippen molar-refractivity contribution in [3.63, 3.8) is 0 Å². The molecule has 1 unspecified atom stereocenters. The molecule has 0 aliphatic carbocycles. The zero-order chi connectivity index (χ0) is 43.3. The van der Waals surface area contributed by atoms with E-state index in [1.165, 1.54) is 87.5 Å². The molecule has 4 rings (SSSR count). The van der Waals surface area contributed by atoms with Gasteiger partial charge in [-0.2, -0.15) is 8.42 Å². The fraction of sp³-hybridized carbons (Fsp3) is 0.282. The van der Waals surface area contributed by atoms with E-state index in [-0.39, 0.29) is 179 Å². The van der Waals surface area contributed by atoms with Crippen LogP contribution < -0.4 is 118 Å². The molecule has 1 atom stereocenters. The molecular weight excluding hydrogens is 857 g/mol. The zero-order valence-corrected chi connectivity index (χ0v) is 40.6. The summed E-state index contributed by atoms with van der Waals surface area (Å²) in [6.45, 7) is 5.86. The van der Waals surface area contributed by atoms with Crippen LogP contribution in [0.4, 0.5) is 8.78 Å². The number of carbonyl (C=O) groups is 4. The third-order valence-corrected chi connectivity index (χ3v) is 8.42. The molecule has 0 amide bonds. The molecule has 4 aromatic rings. The van der Waals surface area contributed by atoms with Crippen LogP contribution in [0.25, 0.3) is 0 Å². The smallest absolute Gasteiger partial charge is 1.00 e. The quantitative estimate of drug-likeness (QED) is 0.0297. The first kappa shape index (κ1) is 58.3. The van der Waals surface area contributed by atoms with Gasteiger partial charge in [0, 0.05) is 0 Å². The molecule has 0 bridgehead atoms. The number of Topliss-reactive ketones (excluding diaryl/α,β-unsaturated/α-hetero) is 3. The Balaban J connectivity index is -0.000000818. The number of alkyl halides is 2. The third-order valence-electron chi connectivity index (χ3n) is 7.12. The molecular formula is C39H44F2K2O15S. The Morgan fingerprint density at radius 2 is 1.03 bits per heavy atom. The average Bonchev–Trinajstić information content (AvgIpc) is 3.15. The van der Waals surface area contributed by atoms with Gasteiger partial charge in [-0.05, 0) is 82.6 Å². The fourth-order valence-electron chi connectivity index (χ4n) is 4.34. The van der Waals surface area contributed by atoms with Gasteiger partial charge in [0.15, 0.2) is 23.5 Å². The number of hydrogen-bond donors (Lipinski definition) is 4.